The molecule has 0 bridgehead atoms. The molecule has 2 heterocycles. The summed E-state index contributed by atoms with van der Waals surface area (Å²) < 4.78 is 6.48. The molecule has 0 aliphatic rings. The van der Waals surface area contributed by atoms with Gasteiger partial charge < -0.3 is 10.1 Å². The molecule has 2 aromatic heterocycles. The van der Waals surface area contributed by atoms with Gasteiger partial charge in [0.25, 0.3) is 11.5 Å². The molecule has 0 aliphatic carbocycles. The lowest BCUT2D eigenvalue weighted by Crippen LogP contribution is -2.31. The highest BCUT2D eigenvalue weighted by Crippen LogP contribution is 2.27. The Labute approximate surface area is 160 Å². The Balaban J connectivity index is 1.69. The zero-order valence-corrected chi connectivity index (χ0v) is 16.2. The largest absolute Gasteiger partial charge is 0.497 e. The number of methoxy groups -OCH3 is 1. The number of hydrogen-bond donors (Lipinski definition) is 1. The van der Waals surface area contributed by atoms with E-state index < -0.39 is 0 Å². The van der Waals surface area contributed by atoms with Gasteiger partial charge in [0.15, 0.2) is 0 Å². The zero-order chi connectivity index (χ0) is 19.4. The van der Waals surface area contributed by atoms with Crippen molar-refractivity contribution in [2.45, 2.75) is 20.4 Å². The standard InChI is InChI=1S/C19H20N4O3S/c1-12-18(27-13(2)21-12)16-7-8-17(24)23(22-16)10-9-20-19(25)14-5-4-6-15(11-14)26-3/h4-8,11H,9-10H2,1-3H3,(H,20,25). The smallest absolute Gasteiger partial charge is 0.266 e. The highest BCUT2D eigenvalue weighted by atomic mass is 32.1. The summed E-state index contributed by atoms with van der Waals surface area (Å²) in [6.07, 6.45) is 0. The number of carbonyl (C=O) groups is 1. The minimum atomic E-state index is -0.230. The maximum Gasteiger partial charge on any atom is 0.266 e. The summed E-state index contributed by atoms with van der Waals surface area (Å²) in [7, 11) is 1.55. The fourth-order valence-corrected chi connectivity index (χ4v) is 3.53. The van der Waals surface area contributed by atoms with Gasteiger partial charge in [-0.1, -0.05) is 6.07 Å². The normalized spacial score (nSPS) is 10.6. The molecule has 1 amide bonds. The fraction of sp³-hybridized carbons (Fsp3) is 0.263. The van der Waals surface area contributed by atoms with E-state index in [0.29, 0.717) is 17.0 Å². The van der Waals surface area contributed by atoms with Gasteiger partial charge >= 0.3 is 0 Å². The minimum Gasteiger partial charge on any atom is -0.497 e. The number of ether oxygens (including phenoxy) is 1. The van der Waals surface area contributed by atoms with Crippen LogP contribution in [0.1, 0.15) is 21.1 Å². The van der Waals surface area contributed by atoms with E-state index in [9.17, 15) is 9.59 Å². The van der Waals surface area contributed by atoms with Crippen molar-refractivity contribution in [1.29, 1.82) is 0 Å². The van der Waals surface area contributed by atoms with Crippen LogP contribution < -0.4 is 15.6 Å². The maximum atomic E-state index is 12.2. The number of aromatic nitrogens is 3. The first kappa shape index (κ1) is 18.8. The first-order valence-electron chi connectivity index (χ1n) is 8.43. The van der Waals surface area contributed by atoms with E-state index in [-0.39, 0.29) is 24.6 Å². The first-order chi connectivity index (χ1) is 13.0. The van der Waals surface area contributed by atoms with E-state index >= 15 is 0 Å². The molecule has 0 saturated heterocycles. The average molecular weight is 384 g/mol. The second kappa shape index (κ2) is 8.13. The summed E-state index contributed by atoms with van der Waals surface area (Å²) in [5.74, 6) is 0.385. The highest BCUT2D eigenvalue weighted by Gasteiger charge is 2.11. The van der Waals surface area contributed by atoms with E-state index in [4.69, 9.17) is 4.74 Å². The van der Waals surface area contributed by atoms with Crippen LogP contribution in [0.5, 0.6) is 5.75 Å². The quantitative estimate of drug-likeness (QED) is 0.705. The number of amides is 1. The van der Waals surface area contributed by atoms with Gasteiger partial charge in [-0.25, -0.2) is 9.67 Å². The van der Waals surface area contributed by atoms with Crippen LogP contribution in [-0.4, -0.2) is 34.3 Å². The SMILES string of the molecule is COc1cccc(C(=O)NCCn2nc(-c3sc(C)nc3C)ccc2=O)c1. The van der Waals surface area contributed by atoms with Crippen LogP contribution >= 0.6 is 11.3 Å². The number of rotatable bonds is 6. The molecule has 140 valence electrons. The molecular weight excluding hydrogens is 364 g/mol. The van der Waals surface area contributed by atoms with Crippen LogP contribution in [0.25, 0.3) is 10.6 Å². The number of hydrogen-bond acceptors (Lipinski definition) is 6. The topological polar surface area (TPSA) is 86.1 Å². The van der Waals surface area contributed by atoms with Gasteiger partial charge in [-0.2, -0.15) is 5.10 Å². The highest BCUT2D eigenvalue weighted by molar-refractivity contribution is 7.15. The van der Waals surface area contributed by atoms with Crippen molar-refractivity contribution in [3.05, 3.63) is 63.0 Å². The molecule has 0 saturated carbocycles. The van der Waals surface area contributed by atoms with Gasteiger partial charge in [-0.3, -0.25) is 9.59 Å². The van der Waals surface area contributed by atoms with Gasteiger partial charge in [0, 0.05) is 18.2 Å². The lowest BCUT2D eigenvalue weighted by Gasteiger charge is -2.09. The second-order valence-electron chi connectivity index (χ2n) is 5.92. The van der Waals surface area contributed by atoms with Crippen molar-refractivity contribution in [3.8, 4) is 16.3 Å². The van der Waals surface area contributed by atoms with Crippen LogP contribution in [0.2, 0.25) is 0 Å². The van der Waals surface area contributed by atoms with Crippen molar-refractivity contribution in [2.75, 3.05) is 13.7 Å². The number of benzene rings is 1. The molecule has 1 N–H and O–H groups in total. The van der Waals surface area contributed by atoms with Crippen LogP contribution in [0.15, 0.2) is 41.2 Å². The second-order valence-corrected chi connectivity index (χ2v) is 7.12. The van der Waals surface area contributed by atoms with E-state index in [1.54, 1.807) is 48.8 Å². The van der Waals surface area contributed by atoms with Crippen LogP contribution in [0.4, 0.5) is 0 Å². The Morgan fingerprint density at radius 3 is 2.78 bits per heavy atom. The van der Waals surface area contributed by atoms with Gasteiger partial charge in [-0.05, 0) is 38.1 Å². The monoisotopic (exact) mass is 384 g/mol. The average Bonchev–Trinajstić information content (AvgIpc) is 3.01. The van der Waals surface area contributed by atoms with E-state index in [1.807, 2.05) is 13.8 Å². The summed E-state index contributed by atoms with van der Waals surface area (Å²) in [5, 5.41) is 8.17. The number of nitrogens with one attached hydrogen (secondary N) is 1. The molecule has 0 fully saturated rings. The Morgan fingerprint density at radius 1 is 1.26 bits per heavy atom. The van der Waals surface area contributed by atoms with E-state index in [0.717, 1.165) is 15.6 Å². The minimum absolute atomic E-state index is 0.215. The van der Waals surface area contributed by atoms with Crippen molar-refractivity contribution in [3.63, 3.8) is 0 Å². The van der Waals surface area contributed by atoms with Crippen LogP contribution in [-0.2, 0) is 6.54 Å². The van der Waals surface area contributed by atoms with Gasteiger partial charge in [0.2, 0.25) is 0 Å². The molecule has 0 aliphatic heterocycles. The summed E-state index contributed by atoms with van der Waals surface area (Å²) in [6.45, 7) is 4.42. The molecule has 0 spiro atoms. The lowest BCUT2D eigenvalue weighted by molar-refractivity contribution is 0.0951. The molecule has 27 heavy (non-hydrogen) atoms. The van der Waals surface area contributed by atoms with Crippen LogP contribution in [0.3, 0.4) is 0 Å². The Morgan fingerprint density at radius 2 is 2.07 bits per heavy atom. The summed E-state index contributed by atoms with van der Waals surface area (Å²) in [6, 6.07) is 10.1. The lowest BCUT2D eigenvalue weighted by atomic mass is 10.2. The third kappa shape index (κ3) is 4.40. The number of aryl methyl sites for hydroxylation is 2. The van der Waals surface area contributed by atoms with Gasteiger partial charge in [-0.15, -0.1) is 11.3 Å². The van der Waals surface area contributed by atoms with Crippen molar-refractivity contribution in [2.24, 2.45) is 0 Å². The summed E-state index contributed by atoms with van der Waals surface area (Å²) in [4.78, 5) is 29.7. The van der Waals surface area contributed by atoms with Crippen molar-refractivity contribution in [1.82, 2.24) is 20.1 Å². The predicted molar refractivity (Wildman–Crippen MR) is 104 cm³/mol. The summed E-state index contributed by atoms with van der Waals surface area (Å²) >= 11 is 1.54. The number of carbonyl (C=O) groups excluding carboxylic acids is 1. The third-order valence-corrected chi connectivity index (χ3v) is 5.04. The van der Waals surface area contributed by atoms with Gasteiger partial charge in [0.1, 0.15) is 11.4 Å². The molecule has 7 nitrogen and oxygen atoms in total. The third-order valence-electron chi connectivity index (χ3n) is 3.94. The fourth-order valence-electron chi connectivity index (χ4n) is 2.64. The molecule has 1 aromatic carbocycles. The molecule has 0 radical (unpaired) electrons. The Hall–Kier alpha value is -3.00. The predicted octanol–water partition coefficient (Wildman–Crippen LogP) is 2.42. The maximum absolute atomic E-state index is 12.2. The van der Waals surface area contributed by atoms with Gasteiger partial charge in [0.05, 0.1) is 29.2 Å². The van der Waals surface area contributed by atoms with Crippen LogP contribution in [0, 0.1) is 13.8 Å². The van der Waals surface area contributed by atoms with Crippen molar-refractivity contribution < 1.29 is 9.53 Å². The summed E-state index contributed by atoms with van der Waals surface area (Å²) in [5.41, 5.74) is 1.88. The Bertz CT molecular complexity index is 1030. The molecule has 0 atom stereocenters. The van der Waals surface area contributed by atoms with E-state index in [2.05, 4.69) is 15.4 Å². The molecule has 3 aromatic rings. The number of nitrogens with zero attached hydrogens (tertiary/aromatic N) is 3. The molecular formula is C19H20N4O3S. The van der Waals surface area contributed by atoms with E-state index in [1.165, 1.54) is 10.7 Å². The number of thiazole rings is 1. The molecule has 0 unspecified atom stereocenters. The molecule has 8 heteroatoms. The van der Waals surface area contributed by atoms with Crippen molar-refractivity contribution >= 4 is 17.2 Å². The Kier molecular flexibility index (Phi) is 5.66. The first-order valence-corrected chi connectivity index (χ1v) is 9.24. The zero-order valence-electron chi connectivity index (χ0n) is 15.4. The molecule has 3 rings (SSSR count).